The van der Waals surface area contributed by atoms with E-state index < -0.39 is 0 Å². The van der Waals surface area contributed by atoms with Gasteiger partial charge in [-0.3, -0.25) is 9.63 Å². The third kappa shape index (κ3) is 3.94. The molecule has 0 spiro atoms. The van der Waals surface area contributed by atoms with Crippen LogP contribution in [0.5, 0.6) is 5.75 Å². The smallest absolute Gasteiger partial charge is 0.278 e. The monoisotopic (exact) mass is 415 g/mol. The minimum absolute atomic E-state index is 0.0206. The number of rotatable bonds is 5. The molecule has 1 fully saturated rings. The number of piperazine rings is 1. The maximum Gasteiger partial charge on any atom is 0.278 e. The van der Waals surface area contributed by atoms with Gasteiger partial charge in [0.25, 0.3) is 5.91 Å². The van der Waals surface area contributed by atoms with Gasteiger partial charge in [0.1, 0.15) is 5.75 Å². The van der Waals surface area contributed by atoms with Crippen LogP contribution in [0, 0.1) is 0 Å². The van der Waals surface area contributed by atoms with Crippen LogP contribution in [0.2, 0.25) is 0 Å². The molecule has 0 saturated carbocycles. The van der Waals surface area contributed by atoms with E-state index >= 15 is 0 Å². The molecule has 0 bridgehead atoms. The molecule has 6 heteroatoms. The van der Waals surface area contributed by atoms with Crippen molar-refractivity contribution >= 4 is 17.3 Å². The third-order valence-electron chi connectivity index (χ3n) is 5.98. The summed E-state index contributed by atoms with van der Waals surface area (Å²) >= 11 is 0. The molecule has 3 aromatic carbocycles. The molecular weight excluding hydrogens is 390 g/mol. The van der Waals surface area contributed by atoms with Gasteiger partial charge < -0.3 is 14.9 Å². The van der Waals surface area contributed by atoms with Gasteiger partial charge in [0, 0.05) is 42.6 Å². The molecule has 2 aliphatic heterocycles. The Hall–Kier alpha value is -3.51. The van der Waals surface area contributed by atoms with Crippen LogP contribution in [0.25, 0.3) is 0 Å². The van der Waals surface area contributed by atoms with Gasteiger partial charge in [0.2, 0.25) is 0 Å². The summed E-state index contributed by atoms with van der Waals surface area (Å²) < 4.78 is 0. The number of benzene rings is 3. The fraction of sp³-hybridized carbons (Fsp3) is 0.240. The van der Waals surface area contributed by atoms with Crippen molar-refractivity contribution in [3.05, 3.63) is 90.0 Å². The second-order valence-electron chi connectivity index (χ2n) is 7.94. The number of carbonyl (C=O) groups is 1. The van der Waals surface area contributed by atoms with Crippen molar-refractivity contribution in [2.75, 3.05) is 36.0 Å². The number of carbonyl (C=O) groups excluding carboxylic acids is 1. The summed E-state index contributed by atoms with van der Waals surface area (Å²) in [6, 6.07) is 25.3. The van der Waals surface area contributed by atoms with Crippen molar-refractivity contribution in [2.24, 2.45) is 0 Å². The number of nitrogens with zero attached hydrogens (tertiary/aromatic N) is 3. The lowest BCUT2D eigenvalue weighted by atomic mass is 10.1. The summed E-state index contributed by atoms with van der Waals surface area (Å²) in [7, 11) is 0. The third-order valence-corrected chi connectivity index (χ3v) is 5.98. The van der Waals surface area contributed by atoms with Gasteiger partial charge in [-0.1, -0.05) is 42.5 Å². The Balaban J connectivity index is 1.34. The van der Waals surface area contributed by atoms with Crippen LogP contribution >= 0.6 is 0 Å². The Morgan fingerprint density at radius 2 is 1.68 bits per heavy atom. The summed E-state index contributed by atoms with van der Waals surface area (Å²) in [6.45, 7) is 3.26. The quantitative estimate of drug-likeness (QED) is 0.689. The zero-order valence-corrected chi connectivity index (χ0v) is 17.2. The minimum Gasteiger partial charge on any atom is -0.508 e. The highest BCUT2D eigenvalue weighted by atomic mass is 16.7. The number of aromatic hydroxyl groups is 1. The van der Waals surface area contributed by atoms with Gasteiger partial charge in [-0.05, 0) is 35.9 Å². The number of amides is 1. The van der Waals surface area contributed by atoms with Crippen LogP contribution in [0.15, 0.2) is 78.9 Å². The summed E-state index contributed by atoms with van der Waals surface area (Å²) in [5, 5.41) is 11.4. The Morgan fingerprint density at radius 1 is 0.903 bits per heavy atom. The van der Waals surface area contributed by atoms with Crippen LogP contribution in [0.3, 0.4) is 0 Å². The first-order valence-electron chi connectivity index (χ1n) is 10.6. The molecule has 6 nitrogen and oxygen atoms in total. The highest BCUT2D eigenvalue weighted by molar-refractivity contribution is 5.97. The SMILES string of the molecule is O=C1c2ccccc2CN1OCC1CN(c2ccccc2)CCN1c1cccc(O)c1. The van der Waals surface area contributed by atoms with Crippen molar-refractivity contribution in [1.29, 1.82) is 0 Å². The number of anilines is 2. The van der Waals surface area contributed by atoms with E-state index in [2.05, 4.69) is 21.9 Å². The molecule has 31 heavy (non-hydrogen) atoms. The second-order valence-corrected chi connectivity index (χ2v) is 7.94. The molecule has 3 aromatic rings. The van der Waals surface area contributed by atoms with E-state index in [4.69, 9.17) is 4.84 Å². The van der Waals surface area contributed by atoms with E-state index in [-0.39, 0.29) is 17.7 Å². The normalized spacial score (nSPS) is 18.4. The van der Waals surface area contributed by atoms with E-state index in [0.717, 1.165) is 30.9 Å². The summed E-state index contributed by atoms with van der Waals surface area (Å²) in [4.78, 5) is 23.3. The average molecular weight is 415 g/mol. The van der Waals surface area contributed by atoms with E-state index in [1.54, 1.807) is 12.1 Å². The van der Waals surface area contributed by atoms with E-state index in [0.29, 0.717) is 18.7 Å². The molecule has 1 unspecified atom stereocenters. The maximum absolute atomic E-state index is 12.7. The number of phenols is 1. The van der Waals surface area contributed by atoms with E-state index in [1.165, 1.54) is 10.8 Å². The molecule has 1 N–H and O–H groups in total. The zero-order chi connectivity index (χ0) is 21.2. The molecular formula is C25H25N3O3. The molecule has 1 saturated heterocycles. The standard InChI is InChI=1S/C25H25N3O3/c29-23-11-6-10-21(15-23)27-14-13-26(20-8-2-1-3-9-20)17-22(27)18-31-28-16-19-7-4-5-12-24(19)25(28)30/h1-12,15,22,29H,13-14,16-18H2. The number of hydrogen-bond acceptors (Lipinski definition) is 5. The van der Waals surface area contributed by atoms with Gasteiger partial charge in [0.05, 0.1) is 19.2 Å². The van der Waals surface area contributed by atoms with Crippen LogP contribution in [0.4, 0.5) is 11.4 Å². The van der Waals surface area contributed by atoms with E-state index in [9.17, 15) is 9.90 Å². The maximum atomic E-state index is 12.7. The van der Waals surface area contributed by atoms with Gasteiger partial charge >= 0.3 is 0 Å². The fourth-order valence-corrected chi connectivity index (χ4v) is 4.39. The van der Waals surface area contributed by atoms with Crippen molar-refractivity contribution in [1.82, 2.24) is 5.06 Å². The number of hydrogen-bond donors (Lipinski definition) is 1. The van der Waals surface area contributed by atoms with Crippen molar-refractivity contribution in [3.63, 3.8) is 0 Å². The zero-order valence-electron chi connectivity index (χ0n) is 17.2. The topological polar surface area (TPSA) is 56.2 Å². The average Bonchev–Trinajstić information content (AvgIpc) is 3.14. The molecule has 1 atom stereocenters. The second kappa shape index (κ2) is 8.32. The summed E-state index contributed by atoms with van der Waals surface area (Å²) in [5.41, 5.74) is 3.83. The highest BCUT2D eigenvalue weighted by Gasteiger charge is 2.32. The predicted octanol–water partition coefficient (Wildman–Crippen LogP) is 3.68. The number of phenolic OH excluding ortho intramolecular Hbond substituents is 1. The van der Waals surface area contributed by atoms with Crippen LogP contribution in [-0.2, 0) is 11.4 Å². The predicted molar refractivity (Wildman–Crippen MR) is 120 cm³/mol. The first-order valence-corrected chi connectivity index (χ1v) is 10.6. The summed E-state index contributed by atoms with van der Waals surface area (Å²) in [5.74, 6) is 0.156. The molecule has 0 radical (unpaired) electrons. The summed E-state index contributed by atoms with van der Waals surface area (Å²) in [6.07, 6.45) is 0. The number of para-hydroxylation sites is 1. The van der Waals surface area contributed by atoms with Crippen LogP contribution in [-0.4, -0.2) is 48.4 Å². The lowest BCUT2D eigenvalue weighted by Crippen LogP contribution is -2.56. The first-order chi connectivity index (χ1) is 15.2. The Labute approximate surface area is 181 Å². The molecule has 0 aromatic heterocycles. The molecule has 158 valence electrons. The van der Waals surface area contributed by atoms with Crippen molar-refractivity contribution in [2.45, 2.75) is 12.6 Å². The highest BCUT2D eigenvalue weighted by Crippen LogP contribution is 2.28. The fourth-order valence-electron chi connectivity index (χ4n) is 4.39. The number of fused-ring (bicyclic) bond motifs is 1. The Morgan fingerprint density at radius 3 is 2.48 bits per heavy atom. The van der Waals surface area contributed by atoms with Crippen LogP contribution in [0.1, 0.15) is 15.9 Å². The molecule has 2 heterocycles. The van der Waals surface area contributed by atoms with Gasteiger partial charge in [-0.2, -0.15) is 0 Å². The van der Waals surface area contributed by atoms with Crippen LogP contribution < -0.4 is 9.80 Å². The lowest BCUT2D eigenvalue weighted by molar-refractivity contribution is -0.128. The molecule has 0 aliphatic carbocycles. The van der Waals surface area contributed by atoms with Crippen molar-refractivity contribution in [3.8, 4) is 5.75 Å². The molecule has 1 amide bonds. The van der Waals surface area contributed by atoms with Gasteiger partial charge in [-0.15, -0.1) is 0 Å². The Bertz CT molecular complexity index is 1070. The largest absolute Gasteiger partial charge is 0.508 e. The van der Waals surface area contributed by atoms with Gasteiger partial charge in [0.15, 0.2) is 0 Å². The molecule has 5 rings (SSSR count). The van der Waals surface area contributed by atoms with Gasteiger partial charge in [-0.25, -0.2) is 5.06 Å². The van der Waals surface area contributed by atoms with E-state index in [1.807, 2.05) is 54.6 Å². The number of hydroxylamine groups is 2. The first kappa shape index (κ1) is 19.5. The molecule has 2 aliphatic rings. The van der Waals surface area contributed by atoms with Crippen molar-refractivity contribution < 1.29 is 14.7 Å². The Kier molecular flexibility index (Phi) is 5.22. The minimum atomic E-state index is -0.0877. The lowest BCUT2D eigenvalue weighted by Gasteiger charge is -2.43.